The molecule has 0 spiro atoms. The van der Waals surface area contributed by atoms with Crippen molar-refractivity contribution in [2.75, 3.05) is 6.54 Å². The first-order valence-corrected chi connectivity index (χ1v) is 8.32. The number of nitrogens with zero attached hydrogens (tertiary/aromatic N) is 3. The number of halogens is 2. The minimum absolute atomic E-state index is 0.0339. The molecule has 2 unspecified atom stereocenters. The maximum Gasteiger partial charge on any atom is 0.260 e. The molecule has 0 saturated heterocycles. The van der Waals surface area contributed by atoms with Crippen LogP contribution in [-0.2, 0) is 17.1 Å². The van der Waals surface area contributed by atoms with Crippen LogP contribution >= 0.6 is 27.5 Å². The fourth-order valence-corrected chi connectivity index (χ4v) is 4.67. The fourth-order valence-electron chi connectivity index (χ4n) is 2.11. The Balaban J connectivity index is 2.08. The number of hydrogen-bond donors (Lipinski definition) is 1. The maximum atomic E-state index is 12.1. The third-order valence-corrected chi connectivity index (χ3v) is 5.98. The molecule has 1 N–H and O–H groups in total. The van der Waals surface area contributed by atoms with Crippen molar-refractivity contribution in [1.29, 1.82) is 0 Å². The van der Waals surface area contributed by atoms with Gasteiger partial charge in [-0.2, -0.15) is 0 Å². The van der Waals surface area contributed by atoms with Crippen molar-refractivity contribution in [2.24, 2.45) is 13.0 Å². The number of nitrogens with one attached hydrogen (secondary N) is 1. The number of aryl methyl sites for hydroxylation is 1. The van der Waals surface area contributed by atoms with Crippen LogP contribution in [0.2, 0.25) is 0 Å². The molecule has 18 heavy (non-hydrogen) atoms. The van der Waals surface area contributed by atoms with Gasteiger partial charge in [0, 0.05) is 19.0 Å². The molecule has 102 valence electrons. The van der Waals surface area contributed by atoms with Crippen molar-refractivity contribution in [3.8, 4) is 0 Å². The Hall–Kier alpha value is -0.180. The van der Waals surface area contributed by atoms with E-state index >= 15 is 0 Å². The van der Waals surface area contributed by atoms with E-state index in [-0.39, 0.29) is 20.9 Å². The van der Waals surface area contributed by atoms with Gasteiger partial charge in [-0.25, -0.2) is 17.8 Å². The van der Waals surface area contributed by atoms with E-state index in [0.29, 0.717) is 6.54 Å². The zero-order chi connectivity index (χ0) is 13.3. The molecule has 1 aliphatic carbocycles. The summed E-state index contributed by atoms with van der Waals surface area (Å²) in [7, 11) is -2.07. The van der Waals surface area contributed by atoms with Crippen LogP contribution in [0.5, 0.6) is 0 Å². The highest BCUT2D eigenvalue weighted by molar-refractivity contribution is 9.10. The second-order valence-electron chi connectivity index (χ2n) is 4.37. The molecule has 0 amide bonds. The predicted molar refractivity (Wildman–Crippen MR) is 70.9 cm³/mol. The molecule has 1 aromatic heterocycles. The number of aromatic nitrogens is 3. The second kappa shape index (κ2) is 5.44. The fraction of sp³-hybridized carbons (Fsp3) is 0.778. The first-order chi connectivity index (χ1) is 8.42. The SMILES string of the molecule is Cn1nnc(Br)c1S(=O)(=O)NCC1CCCC1Cl. The molecule has 2 rings (SSSR count). The molecule has 0 bridgehead atoms. The summed E-state index contributed by atoms with van der Waals surface area (Å²) < 4.78 is 28.2. The van der Waals surface area contributed by atoms with Gasteiger partial charge in [-0.1, -0.05) is 11.6 Å². The molecule has 1 aromatic rings. The normalized spacial score (nSPS) is 24.6. The first kappa shape index (κ1) is 14.2. The van der Waals surface area contributed by atoms with Gasteiger partial charge in [-0.15, -0.1) is 16.7 Å². The Bertz CT molecular complexity index is 513. The van der Waals surface area contributed by atoms with Gasteiger partial charge in [0.1, 0.15) is 0 Å². The summed E-state index contributed by atoms with van der Waals surface area (Å²) in [6.07, 6.45) is 2.96. The van der Waals surface area contributed by atoms with Crippen molar-refractivity contribution in [3.05, 3.63) is 4.60 Å². The summed E-state index contributed by atoms with van der Waals surface area (Å²) in [6, 6.07) is 0. The molecule has 1 saturated carbocycles. The van der Waals surface area contributed by atoms with Crippen LogP contribution < -0.4 is 4.72 Å². The van der Waals surface area contributed by atoms with E-state index < -0.39 is 10.0 Å². The van der Waals surface area contributed by atoms with Crippen LogP contribution in [0.15, 0.2) is 9.63 Å². The minimum atomic E-state index is -3.61. The Labute approximate surface area is 119 Å². The van der Waals surface area contributed by atoms with Gasteiger partial charge >= 0.3 is 0 Å². The van der Waals surface area contributed by atoms with E-state index in [1.807, 2.05) is 0 Å². The van der Waals surface area contributed by atoms with E-state index in [2.05, 4.69) is 31.0 Å². The highest BCUT2D eigenvalue weighted by atomic mass is 79.9. The Kier molecular flexibility index (Phi) is 4.30. The van der Waals surface area contributed by atoms with Crippen LogP contribution in [-0.4, -0.2) is 35.3 Å². The van der Waals surface area contributed by atoms with Gasteiger partial charge < -0.3 is 0 Å². The first-order valence-electron chi connectivity index (χ1n) is 5.60. The summed E-state index contributed by atoms with van der Waals surface area (Å²) in [5.74, 6) is 0.196. The largest absolute Gasteiger partial charge is 0.260 e. The summed E-state index contributed by atoms with van der Waals surface area (Å²) in [4.78, 5) is 0. The van der Waals surface area contributed by atoms with E-state index in [1.165, 1.54) is 11.7 Å². The van der Waals surface area contributed by atoms with Gasteiger partial charge in [-0.05, 0) is 34.7 Å². The van der Waals surface area contributed by atoms with Crippen LogP contribution in [0.4, 0.5) is 0 Å². The van der Waals surface area contributed by atoms with Crippen LogP contribution in [0.25, 0.3) is 0 Å². The smallest absolute Gasteiger partial charge is 0.235 e. The third-order valence-electron chi connectivity index (χ3n) is 3.09. The van der Waals surface area contributed by atoms with Gasteiger partial charge in [0.25, 0.3) is 10.0 Å². The molecule has 1 fully saturated rings. The zero-order valence-electron chi connectivity index (χ0n) is 9.81. The van der Waals surface area contributed by atoms with Crippen molar-refractivity contribution < 1.29 is 8.42 Å². The lowest BCUT2D eigenvalue weighted by molar-refractivity contribution is 0.516. The molecular formula is C9H14BrClN4O2S. The molecule has 2 atom stereocenters. The lowest BCUT2D eigenvalue weighted by atomic mass is 10.1. The Morgan fingerprint density at radius 1 is 1.56 bits per heavy atom. The maximum absolute atomic E-state index is 12.1. The van der Waals surface area contributed by atoms with Gasteiger partial charge in [0.15, 0.2) is 4.60 Å². The highest BCUT2D eigenvalue weighted by Gasteiger charge is 2.29. The van der Waals surface area contributed by atoms with Crippen molar-refractivity contribution in [2.45, 2.75) is 29.7 Å². The summed E-state index contributed by atoms with van der Waals surface area (Å²) in [6.45, 7) is 0.355. The molecular weight excluding hydrogens is 344 g/mol. The minimum Gasteiger partial charge on any atom is -0.235 e. The van der Waals surface area contributed by atoms with Crippen molar-refractivity contribution >= 4 is 37.6 Å². The topological polar surface area (TPSA) is 76.9 Å². The van der Waals surface area contributed by atoms with Crippen molar-refractivity contribution in [3.63, 3.8) is 0 Å². The number of hydrogen-bond acceptors (Lipinski definition) is 4. The number of alkyl halides is 1. The summed E-state index contributed by atoms with van der Waals surface area (Å²) >= 11 is 9.20. The van der Waals surface area contributed by atoms with Crippen LogP contribution in [0.1, 0.15) is 19.3 Å². The number of rotatable bonds is 4. The van der Waals surface area contributed by atoms with Gasteiger partial charge in [-0.3, -0.25) is 0 Å². The van der Waals surface area contributed by atoms with Crippen LogP contribution in [0.3, 0.4) is 0 Å². The average molecular weight is 358 g/mol. The average Bonchev–Trinajstić information content (AvgIpc) is 2.83. The molecule has 1 aliphatic rings. The monoisotopic (exact) mass is 356 g/mol. The van der Waals surface area contributed by atoms with Crippen molar-refractivity contribution in [1.82, 2.24) is 19.7 Å². The van der Waals surface area contributed by atoms with Crippen LogP contribution in [0, 0.1) is 5.92 Å². The predicted octanol–water partition coefficient (Wildman–Crippen LogP) is 1.26. The molecule has 0 aromatic carbocycles. The lowest BCUT2D eigenvalue weighted by Crippen LogP contribution is -2.32. The van der Waals surface area contributed by atoms with E-state index in [0.717, 1.165) is 19.3 Å². The standard InChI is InChI=1S/C9H14BrClN4O2S/c1-15-9(8(10)13-14-15)18(16,17)12-5-6-3-2-4-7(6)11/h6-7,12H,2-5H2,1H3. The van der Waals surface area contributed by atoms with E-state index in [9.17, 15) is 8.42 Å². The Morgan fingerprint density at radius 2 is 2.28 bits per heavy atom. The second-order valence-corrected chi connectivity index (χ2v) is 7.36. The molecule has 6 nitrogen and oxygen atoms in total. The quantitative estimate of drug-likeness (QED) is 0.823. The molecule has 1 heterocycles. The third kappa shape index (κ3) is 2.87. The number of sulfonamides is 1. The summed E-state index contributed by atoms with van der Waals surface area (Å²) in [5.41, 5.74) is 0. The Morgan fingerprint density at radius 3 is 2.78 bits per heavy atom. The molecule has 0 radical (unpaired) electrons. The molecule has 0 aliphatic heterocycles. The zero-order valence-corrected chi connectivity index (χ0v) is 13.0. The van der Waals surface area contributed by atoms with E-state index in [1.54, 1.807) is 0 Å². The van der Waals surface area contributed by atoms with Gasteiger partial charge in [0.2, 0.25) is 5.03 Å². The summed E-state index contributed by atoms with van der Waals surface area (Å²) in [5, 5.41) is 7.40. The lowest BCUT2D eigenvalue weighted by Gasteiger charge is -2.14. The van der Waals surface area contributed by atoms with Gasteiger partial charge in [0.05, 0.1) is 0 Å². The highest BCUT2D eigenvalue weighted by Crippen LogP contribution is 2.30. The van der Waals surface area contributed by atoms with E-state index in [4.69, 9.17) is 11.6 Å². The molecule has 9 heteroatoms.